The second-order valence-corrected chi connectivity index (χ2v) is 11.4. The second kappa shape index (κ2) is 8.99. The molecule has 1 aliphatic heterocycles. The van der Waals surface area contributed by atoms with Gasteiger partial charge in [-0.3, -0.25) is 10.00 Å². The molecule has 172 valence electrons. The van der Waals surface area contributed by atoms with Crippen LogP contribution in [0.5, 0.6) is 0 Å². The normalized spacial score (nSPS) is 25.2. The summed E-state index contributed by atoms with van der Waals surface area (Å²) in [7, 11) is 0. The number of thiazole rings is 1. The van der Waals surface area contributed by atoms with Crippen molar-refractivity contribution in [1.82, 2.24) is 20.1 Å². The molecule has 0 radical (unpaired) electrons. The van der Waals surface area contributed by atoms with Crippen LogP contribution in [0.15, 0.2) is 53.2 Å². The number of H-pyrrole nitrogens is 1. The molecule has 1 aliphatic carbocycles. The molecule has 33 heavy (non-hydrogen) atoms. The number of aliphatic imine (C=N–C) groups is 1. The maximum Gasteiger partial charge on any atom is 0.210 e. The fourth-order valence-corrected chi connectivity index (χ4v) is 5.74. The molecule has 1 unspecified atom stereocenters. The summed E-state index contributed by atoms with van der Waals surface area (Å²) in [6, 6.07) is 6.42. The standard InChI is InChI=1S/C27H33N5S/c1-18-7-5-6-8-20(16-32-12-11-27(3,4)17-32)13-24(18)30-26-29-23-10-9-21(14-25(23)33-26)22-15-28-31-19(22)2/h6,8-10,13-15,18H,5,7,11-12,16-17H2,1-4H3,(H,28,31)/b8-6-,20-13+,30-24?. The lowest BCUT2D eigenvalue weighted by Gasteiger charge is -2.21. The number of hydrogen-bond donors (Lipinski definition) is 1. The number of aromatic nitrogens is 3. The van der Waals surface area contributed by atoms with Gasteiger partial charge in [0.25, 0.3) is 0 Å². The Labute approximate surface area is 200 Å². The van der Waals surface area contributed by atoms with Crippen molar-refractivity contribution in [3.63, 3.8) is 0 Å². The van der Waals surface area contributed by atoms with Crippen LogP contribution in [-0.2, 0) is 0 Å². The van der Waals surface area contributed by atoms with Gasteiger partial charge in [0.05, 0.1) is 16.4 Å². The molecule has 0 spiro atoms. The van der Waals surface area contributed by atoms with Crippen molar-refractivity contribution in [3.05, 3.63) is 53.9 Å². The van der Waals surface area contributed by atoms with Crippen LogP contribution >= 0.6 is 11.3 Å². The molecule has 0 amide bonds. The van der Waals surface area contributed by atoms with E-state index < -0.39 is 0 Å². The highest BCUT2D eigenvalue weighted by Gasteiger charge is 2.29. The average molecular weight is 460 g/mol. The van der Waals surface area contributed by atoms with Crippen molar-refractivity contribution in [2.24, 2.45) is 16.3 Å². The van der Waals surface area contributed by atoms with Crippen LogP contribution < -0.4 is 0 Å². The summed E-state index contributed by atoms with van der Waals surface area (Å²) < 4.78 is 1.16. The van der Waals surface area contributed by atoms with Gasteiger partial charge in [-0.25, -0.2) is 9.98 Å². The van der Waals surface area contributed by atoms with Crippen molar-refractivity contribution in [2.75, 3.05) is 19.6 Å². The number of likely N-dealkylation sites (tertiary alicyclic amines) is 1. The molecular formula is C27H33N5S. The first-order valence-electron chi connectivity index (χ1n) is 12.0. The highest BCUT2D eigenvalue weighted by atomic mass is 32.1. The number of allylic oxidation sites excluding steroid dienone is 2. The zero-order chi connectivity index (χ0) is 23.0. The summed E-state index contributed by atoms with van der Waals surface area (Å²) in [5.74, 6) is 0.413. The van der Waals surface area contributed by atoms with Gasteiger partial charge in [0, 0.05) is 30.1 Å². The van der Waals surface area contributed by atoms with Gasteiger partial charge in [0.2, 0.25) is 5.13 Å². The molecule has 1 N–H and O–H groups in total. The third-order valence-electron chi connectivity index (χ3n) is 6.84. The summed E-state index contributed by atoms with van der Waals surface area (Å²) in [6.07, 6.45) is 12.3. The van der Waals surface area contributed by atoms with Crippen LogP contribution in [0.2, 0.25) is 0 Å². The molecule has 0 bridgehead atoms. The second-order valence-electron chi connectivity index (χ2n) is 10.3. The van der Waals surface area contributed by atoms with Gasteiger partial charge in [0.1, 0.15) is 0 Å². The molecule has 1 saturated heterocycles. The molecule has 2 aliphatic rings. The number of rotatable bonds is 4. The first-order chi connectivity index (χ1) is 15.9. The third kappa shape index (κ3) is 5.02. The van der Waals surface area contributed by atoms with E-state index in [1.54, 1.807) is 11.3 Å². The highest BCUT2D eigenvalue weighted by molar-refractivity contribution is 7.22. The Kier molecular flexibility index (Phi) is 6.06. The minimum atomic E-state index is 0.413. The summed E-state index contributed by atoms with van der Waals surface area (Å²) in [4.78, 5) is 12.5. The molecule has 1 aromatic carbocycles. The summed E-state index contributed by atoms with van der Waals surface area (Å²) in [6.45, 7) is 12.4. The molecule has 5 rings (SSSR count). The zero-order valence-corrected chi connectivity index (χ0v) is 20.9. The summed E-state index contributed by atoms with van der Waals surface area (Å²) in [5.41, 5.74) is 7.31. The van der Waals surface area contributed by atoms with Crippen LogP contribution in [0, 0.1) is 18.3 Å². The van der Waals surface area contributed by atoms with Gasteiger partial charge < -0.3 is 0 Å². The van der Waals surface area contributed by atoms with Gasteiger partial charge in [-0.2, -0.15) is 5.10 Å². The number of aryl methyl sites for hydroxylation is 1. The maximum absolute atomic E-state index is 5.08. The monoisotopic (exact) mass is 459 g/mol. The first-order valence-corrected chi connectivity index (χ1v) is 12.8. The molecule has 1 atom stereocenters. The molecule has 5 nitrogen and oxygen atoms in total. The predicted octanol–water partition coefficient (Wildman–Crippen LogP) is 6.71. The van der Waals surface area contributed by atoms with E-state index in [-0.39, 0.29) is 0 Å². The van der Waals surface area contributed by atoms with E-state index in [9.17, 15) is 0 Å². The van der Waals surface area contributed by atoms with E-state index in [1.165, 1.54) is 18.5 Å². The molecule has 0 saturated carbocycles. The van der Waals surface area contributed by atoms with E-state index in [1.807, 2.05) is 13.1 Å². The Morgan fingerprint density at radius 3 is 2.94 bits per heavy atom. The summed E-state index contributed by atoms with van der Waals surface area (Å²) >= 11 is 1.67. The molecule has 2 aromatic heterocycles. The lowest BCUT2D eigenvalue weighted by Crippen LogP contribution is -2.26. The van der Waals surface area contributed by atoms with E-state index in [0.29, 0.717) is 11.3 Å². The van der Waals surface area contributed by atoms with Crippen LogP contribution in [0.1, 0.15) is 45.7 Å². The van der Waals surface area contributed by atoms with Gasteiger partial charge >= 0.3 is 0 Å². The molecule has 6 heteroatoms. The van der Waals surface area contributed by atoms with Gasteiger partial charge in [-0.15, -0.1) is 0 Å². The number of aromatic amines is 1. The average Bonchev–Trinajstić information content (AvgIpc) is 3.46. The number of benzene rings is 1. The molecular weight excluding hydrogens is 426 g/mol. The predicted molar refractivity (Wildman–Crippen MR) is 139 cm³/mol. The SMILES string of the molecule is Cc1[nH]ncc1-c1ccc2nc(N=C3/C=C(CN4CCC(C)(C)C4)\C=C/CCC3C)sc2c1. The van der Waals surface area contributed by atoms with Crippen LogP contribution in [-0.4, -0.2) is 45.4 Å². The number of nitrogens with zero attached hydrogens (tertiary/aromatic N) is 4. The smallest absolute Gasteiger partial charge is 0.210 e. The number of fused-ring (bicyclic) bond motifs is 1. The van der Waals surface area contributed by atoms with Crippen molar-refractivity contribution in [1.29, 1.82) is 0 Å². The molecule has 1 fully saturated rings. The number of hydrogen-bond acceptors (Lipinski definition) is 5. The van der Waals surface area contributed by atoms with Crippen LogP contribution in [0.25, 0.3) is 21.3 Å². The lowest BCUT2D eigenvalue weighted by molar-refractivity contribution is 0.311. The van der Waals surface area contributed by atoms with Gasteiger partial charge in [-0.1, -0.05) is 50.3 Å². The third-order valence-corrected chi connectivity index (χ3v) is 7.75. The minimum Gasteiger partial charge on any atom is -0.299 e. The Morgan fingerprint density at radius 2 is 2.18 bits per heavy atom. The van der Waals surface area contributed by atoms with E-state index in [4.69, 9.17) is 9.98 Å². The molecule has 3 aromatic rings. The number of nitrogens with one attached hydrogen (secondary N) is 1. The van der Waals surface area contributed by atoms with Crippen LogP contribution in [0.3, 0.4) is 0 Å². The highest BCUT2D eigenvalue weighted by Crippen LogP contribution is 2.34. The minimum absolute atomic E-state index is 0.413. The first kappa shape index (κ1) is 22.2. The van der Waals surface area contributed by atoms with Crippen LogP contribution in [0.4, 0.5) is 5.13 Å². The van der Waals surface area contributed by atoms with Gasteiger partial charge in [0.15, 0.2) is 0 Å². The fraction of sp³-hybridized carbons (Fsp3) is 0.444. The van der Waals surface area contributed by atoms with E-state index in [2.05, 4.69) is 72.3 Å². The Bertz CT molecular complexity index is 1240. The van der Waals surface area contributed by atoms with Crippen molar-refractivity contribution in [2.45, 2.75) is 47.0 Å². The Hall–Kier alpha value is -2.57. The fourth-order valence-electron chi connectivity index (χ4n) is 4.85. The Morgan fingerprint density at radius 1 is 1.30 bits per heavy atom. The Balaban J connectivity index is 1.44. The quantitative estimate of drug-likeness (QED) is 0.471. The zero-order valence-electron chi connectivity index (χ0n) is 20.1. The topological polar surface area (TPSA) is 57.2 Å². The van der Waals surface area contributed by atoms with Crippen molar-refractivity contribution >= 4 is 32.4 Å². The summed E-state index contributed by atoms with van der Waals surface area (Å²) in [5, 5.41) is 8.03. The van der Waals surface area contributed by atoms with Crippen molar-refractivity contribution < 1.29 is 0 Å². The van der Waals surface area contributed by atoms with Crippen molar-refractivity contribution in [3.8, 4) is 11.1 Å². The largest absolute Gasteiger partial charge is 0.299 e. The maximum atomic E-state index is 5.08. The lowest BCUT2D eigenvalue weighted by atomic mass is 9.93. The van der Waals surface area contributed by atoms with Gasteiger partial charge in [-0.05, 0) is 73.4 Å². The van der Waals surface area contributed by atoms with E-state index in [0.717, 1.165) is 63.8 Å². The molecule has 3 heterocycles. The van der Waals surface area contributed by atoms with E-state index >= 15 is 0 Å².